The molecule has 0 aliphatic carbocycles. The second-order valence-electron chi connectivity index (χ2n) is 6.10. The number of benzene rings is 2. The largest absolute Gasteiger partial charge is 0.360 e. The van der Waals surface area contributed by atoms with Gasteiger partial charge in [-0.1, -0.05) is 47.5 Å². The van der Waals surface area contributed by atoms with Gasteiger partial charge < -0.3 is 5.32 Å². The van der Waals surface area contributed by atoms with Gasteiger partial charge in [0, 0.05) is 17.3 Å². The van der Waals surface area contributed by atoms with Crippen molar-refractivity contribution >= 4 is 40.6 Å². The highest BCUT2D eigenvalue weighted by molar-refractivity contribution is 6.43. The van der Waals surface area contributed by atoms with E-state index in [9.17, 15) is 4.79 Å². The van der Waals surface area contributed by atoms with Crippen LogP contribution in [0.1, 0.15) is 27.7 Å². The first-order valence-corrected chi connectivity index (χ1v) is 8.87. The van der Waals surface area contributed by atoms with Gasteiger partial charge in [-0.2, -0.15) is 0 Å². The lowest BCUT2D eigenvalue weighted by molar-refractivity contribution is 0.0992. The fourth-order valence-corrected chi connectivity index (χ4v) is 3.46. The average Bonchev–Trinajstić information content (AvgIpc) is 2.91. The summed E-state index contributed by atoms with van der Waals surface area (Å²) in [5.41, 5.74) is 3.20. The van der Waals surface area contributed by atoms with Crippen molar-refractivity contribution in [1.82, 2.24) is 4.98 Å². The summed E-state index contributed by atoms with van der Waals surface area (Å²) in [6.07, 6.45) is 1.27. The van der Waals surface area contributed by atoms with E-state index in [2.05, 4.69) is 10.3 Å². The van der Waals surface area contributed by atoms with Crippen LogP contribution >= 0.6 is 23.2 Å². The molecule has 1 aromatic heterocycles. The summed E-state index contributed by atoms with van der Waals surface area (Å²) in [4.78, 5) is 19.1. The summed E-state index contributed by atoms with van der Waals surface area (Å²) in [6.45, 7) is 1.97. The van der Waals surface area contributed by atoms with Crippen molar-refractivity contribution in [2.24, 2.45) is 0 Å². The van der Waals surface area contributed by atoms with E-state index in [4.69, 9.17) is 23.2 Å². The molecule has 0 saturated carbocycles. The van der Waals surface area contributed by atoms with E-state index in [-0.39, 0.29) is 5.91 Å². The molecule has 3 aromatic rings. The fourth-order valence-electron chi connectivity index (χ4n) is 3.11. The maximum absolute atomic E-state index is 13.0. The summed E-state index contributed by atoms with van der Waals surface area (Å²) in [5.74, 6) is 0.483. The van der Waals surface area contributed by atoms with E-state index in [0.29, 0.717) is 27.1 Å². The van der Waals surface area contributed by atoms with Crippen molar-refractivity contribution in [2.45, 2.75) is 13.1 Å². The van der Waals surface area contributed by atoms with E-state index in [1.807, 2.05) is 55.5 Å². The Morgan fingerprint density at radius 3 is 2.69 bits per heavy atom. The molecule has 0 bridgehead atoms. The first-order chi connectivity index (χ1) is 12.6. The highest BCUT2D eigenvalue weighted by atomic mass is 35.5. The number of anilines is 2. The van der Waals surface area contributed by atoms with Gasteiger partial charge in [0.25, 0.3) is 5.91 Å². The van der Waals surface area contributed by atoms with Crippen LogP contribution in [0.4, 0.5) is 11.5 Å². The van der Waals surface area contributed by atoms with Gasteiger partial charge in [0.1, 0.15) is 12.0 Å². The maximum atomic E-state index is 13.0. The number of nitrogens with one attached hydrogen (secondary N) is 1. The lowest BCUT2D eigenvalue weighted by Gasteiger charge is -2.27. The van der Waals surface area contributed by atoms with Crippen LogP contribution in [0.25, 0.3) is 0 Å². The first kappa shape index (κ1) is 16.9. The molecule has 1 aliphatic rings. The number of nitrogens with zero attached hydrogens (tertiary/aromatic N) is 2. The molecule has 4 rings (SSSR count). The number of carbonyl (C=O) groups is 1. The number of aromatic nitrogens is 1. The topological polar surface area (TPSA) is 45.2 Å². The molecule has 0 radical (unpaired) electrons. The van der Waals surface area contributed by atoms with Crippen LogP contribution < -0.4 is 10.2 Å². The number of fused-ring (bicyclic) bond motifs is 1. The molecule has 0 fully saturated rings. The van der Waals surface area contributed by atoms with Crippen LogP contribution in [0.5, 0.6) is 0 Å². The van der Waals surface area contributed by atoms with Crippen molar-refractivity contribution < 1.29 is 4.79 Å². The van der Waals surface area contributed by atoms with Gasteiger partial charge in [-0.25, -0.2) is 4.98 Å². The molecule has 6 heteroatoms. The highest BCUT2D eigenvalue weighted by Crippen LogP contribution is 2.39. The maximum Gasteiger partial charge on any atom is 0.261 e. The summed E-state index contributed by atoms with van der Waals surface area (Å²) >= 11 is 12.5. The Balaban J connectivity index is 1.82. The number of aryl methyl sites for hydroxylation is 1. The van der Waals surface area contributed by atoms with Crippen molar-refractivity contribution in [1.29, 1.82) is 0 Å². The lowest BCUT2D eigenvalue weighted by Crippen LogP contribution is -2.33. The predicted molar refractivity (Wildman–Crippen MR) is 105 cm³/mol. The van der Waals surface area contributed by atoms with Crippen LogP contribution in [0.15, 0.2) is 60.8 Å². The Hall–Kier alpha value is -2.56. The lowest BCUT2D eigenvalue weighted by atomic mass is 10.1. The number of hydrogen-bond donors (Lipinski definition) is 1. The van der Waals surface area contributed by atoms with Gasteiger partial charge in [-0.15, -0.1) is 0 Å². The molecule has 1 amide bonds. The van der Waals surface area contributed by atoms with Crippen LogP contribution in [0.2, 0.25) is 10.0 Å². The van der Waals surface area contributed by atoms with Gasteiger partial charge in [0.05, 0.1) is 15.7 Å². The Kier molecular flexibility index (Phi) is 4.31. The molecule has 2 aromatic carbocycles. The number of rotatable bonds is 3. The third-order valence-electron chi connectivity index (χ3n) is 4.35. The van der Waals surface area contributed by atoms with E-state index in [1.165, 1.54) is 0 Å². The average molecular weight is 384 g/mol. The van der Waals surface area contributed by atoms with Crippen LogP contribution in [0, 0.1) is 6.92 Å². The number of amides is 1. The first-order valence-electron chi connectivity index (χ1n) is 8.12. The van der Waals surface area contributed by atoms with E-state index in [0.717, 1.165) is 11.1 Å². The van der Waals surface area contributed by atoms with Crippen molar-refractivity contribution in [3.05, 3.63) is 87.5 Å². The Morgan fingerprint density at radius 1 is 1.08 bits per heavy atom. The molecule has 1 atom stereocenters. The fraction of sp³-hybridized carbons (Fsp3) is 0.100. The molecule has 1 unspecified atom stereocenters. The minimum Gasteiger partial charge on any atom is -0.360 e. The SMILES string of the molecule is Cc1ccnc(N2C(=O)c3ccccc3C2Nc2cccc(Cl)c2Cl)c1. The Bertz CT molecular complexity index is 1010. The van der Waals surface area contributed by atoms with Gasteiger partial charge in [-0.05, 0) is 42.8 Å². The second kappa shape index (κ2) is 6.63. The minimum atomic E-state index is -0.427. The summed E-state index contributed by atoms with van der Waals surface area (Å²) in [5, 5.41) is 4.23. The number of hydrogen-bond acceptors (Lipinski definition) is 3. The van der Waals surface area contributed by atoms with E-state index in [1.54, 1.807) is 17.2 Å². The van der Waals surface area contributed by atoms with Crippen LogP contribution in [-0.4, -0.2) is 10.9 Å². The molecule has 0 spiro atoms. The molecular weight excluding hydrogens is 369 g/mol. The summed E-state index contributed by atoms with van der Waals surface area (Å²) < 4.78 is 0. The third kappa shape index (κ3) is 2.81. The molecular formula is C20H15Cl2N3O. The van der Waals surface area contributed by atoms with Crippen molar-refractivity contribution in [2.75, 3.05) is 10.2 Å². The van der Waals surface area contributed by atoms with Gasteiger partial charge in [0.2, 0.25) is 0 Å². The van der Waals surface area contributed by atoms with E-state index < -0.39 is 6.17 Å². The second-order valence-corrected chi connectivity index (χ2v) is 6.89. The normalized spacial score (nSPS) is 15.9. The number of carbonyl (C=O) groups excluding carboxylic acids is 1. The smallest absolute Gasteiger partial charge is 0.261 e. The molecule has 1 N–H and O–H groups in total. The minimum absolute atomic E-state index is 0.102. The van der Waals surface area contributed by atoms with Crippen LogP contribution in [0.3, 0.4) is 0 Å². The van der Waals surface area contributed by atoms with Gasteiger partial charge in [-0.3, -0.25) is 9.69 Å². The standard InChI is InChI=1S/C20H15Cl2N3O/c1-12-9-10-23-17(11-12)25-19(13-5-2-3-6-14(13)20(25)26)24-16-8-4-7-15(21)18(16)22/h2-11,19,24H,1H3. The Morgan fingerprint density at radius 2 is 1.88 bits per heavy atom. The molecule has 130 valence electrons. The predicted octanol–water partition coefficient (Wildman–Crippen LogP) is 5.47. The summed E-state index contributed by atoms with van der Waals surface area (Å²) in [6, 6.07) is 16.7. The van der Waals surface area contributed by atoms with Crippen molar-refractivity contribution in [3.63, 3.8) is 0 Å². The zero-order valence-electron chi connectivity index (χ0n) is 13.9. The molecule has 4 nitrogen and oxygen atoms in total. The zero-order valence-corrected chi connectivity index (χ0v) is 15.4. The molecule has 0 saturated heterocycles. The number of halogens is 2. The monoisotopic (exact) mass is 383 g/mol. The van der Waals surface area contributed by atoms with E-state index >= 15 is 0 Å². The zero-order chi connectivity index (χ0) is 18.3. The van der Waals surface area contributed by atoms with Gasteiger partial charge >= 0.3 is 0 Å². The Labute approximate surface area is 161 Å². The summed E-state index contributed by atoms with van der Waals surface area (Å²) in [7, 11) is 0. The highest BCUT2D eigenvalue weighted by Gasteiger charge is 2.38. The quantitative estimate of drug-likeness (QED) is 0.652. The van der Waals surface area contributed by atoms with Crippen LogP contribution in [-0.2, 0) is 0 Å². The van der Waals surface area contributed by atoms with Crippen molar-refractivity contribution in [3.8, 4) is 0 Å². The number of pyridine rings is 1. The molecule has 26 heavy (non-hydrogen) atoms. The third-order valence-corrected chi connectivity index (χ3v) is 5.17. The van der Waals surface area contributed by atoms with Gasteiger partial charge in [0.15, 0.2) is 0 Å². The molecule has 2 heterocycles. The molecule has 1 aliphatic heterocycles.